The van der Waals surface area contributed by atoms with Crippen LogP contribution in [0.4, 0.5) is 0 Å². The molecule has 1 atom stereocenters. The fraction of sp³-hybridized carbons (Fsp3) is 0.825. The molecule has 402 valence electrons. The minimum Gasteiger partial charge on any atom is -0.462 e. The van der Waals surface area contributed by atoms with E-state index in [2.05, 4.69) is 69.4 Å². The van der Waals surface area contributed by atoms with Crippen LogP contribution in [0.15, 0.2) is 48.6 Å². The second-order valence-electron chi connectivity index (χ2n) is 20.2. The maximum atomic E-state index is 12.9. The Morgan fingerprint density at radius 3 is 0.884 bits per heavy atom. The first kappa shape index (κ1) is 66.4. The van der Waals surface area contributed by atoms with Gasteiger partial charge in [-0.1, -0.05) is 288 Å². The predicted octanol–water partition coefficient (Wildman–Crippen LogP) is 20.2. The van der Waals surface area contributed by atoms with E-state index < -0.39 is 6.10 Å². The van der Waals surface area contributed by atoms with E-state index in [9.17, 15) is 14.4 Å². The lowest BCUT2D eigenvalue weighted by Crippen LogP contribution is -2.30. The van der Waals surface area contributed by atoms with Gasteiger partial charge >= 0.3 is 17.9 Å². The molecule has 0 aliphatic rings. The van der Waals surface area contributed by atoms with Crippen molar-refractivity contribution >= 4 is 17.9 Å². The summed E-state index contributed by atoms with van der Waals surface area (Å²) in [5.74, 6) is -0.854. The minimum atomic E-state index is -0.770. The van der Waals surface area contributed by atoms with Crippen LogP contribution >= 0.6 is 0 Å². The lowest BCUT2D eigenvalue weighted by Gasteiger charge is -2.18. The number of hydrogen-bond acceptors (Lipinski definition) is 6. The highest BCUT2D eigenvalue weighted by molar-refractivity contribution is 5.71. The Morgan fingerprint density at radius 2 is 0.565 bits per heavy atom. The van der Waals surface area contributed by atoms with Gasteiger partial charge in [0.1, 0.15) is 13.2 Å². The molecular weight excluding hydrogens is 853 g/mol. The van der Waals surface area contributed by atoms with Gasteiger partial charge in [0.2, 0.25) is 0 Å². The molecule has 0 saturated heterocycles. The molecule has 0 radical (unpaired) electrons. The Kier molecular flexibility index (Phi) is 55.7. The third-order valence-corrected chi connectivity index (χ3v) is 13.3. The molecule has 0 saturated carbocycles. The van der Waals surface area contributed by atoms with Crippen molar-refractivity contribution in [1.29, 1.82) is 0 Å². The molecule has 0 heterocycles. The van der Waals surface area contributed by atoms with Crippen LogP contribution in [0.25, 0.3) is 0 Å². The fourth-order valence-electron chi connectivity index (χ4n) is 8.85. The number of carbonyl (C=O) groups excluding carboxylic acids is 3. The largest absolute Gasteiger partial charge is 0.462 e. The SMILES string of the molecule is CC/C=C\C/C=C\C/C=C\C/C=C\CCCCCCCCCCCCC(=O)OCC(COC(=O)CCCCCCCCCCCCCC)OC(=O)CCCCCCCCCCCCCCCCCC. The van der Waals surface area contributed by atoms with E-state index in [4.69, 9.17) is 14.2 Å². The summed E-state index contributed by atoms with van der Waals surface area (Å²) in [6.07, 6.45) is 71.0. The lowest BCUT2D eigenvalue weighted by atomic mass is 10.0. The van der Waals surface area contributed by atoms with Gasteiger partial charge in [-0.25, -0.2) is 0 Å². The van der Waals surface area contributed by atoms with Crippen LogP contribution in [0.1, 0.15) is 316 Å². The van der Waals surface area contributed by atoms with E-state index in [1.165, 1.54) is 193 Å². The number of unbranched alkanes of at least 4 members (excludes halogenated alkanes) is 36. The molecule has 0 bridgehead atoms. The summed E-state index contributed by atoms with van der Waals surface area (Å²) in [4.78, 5) is 38.2. The topological polar surface area (TPSA) is 78.9 Å². The molecule has 0 aliphatic carbocycles. The second-order valence-corrected chi connectivity index (χ2v) is 20.2. The lowest BCUT2D eigenvalue weighted by molar-refractivity contribution is -0.167. The predicted molar refractivity (Wildman–Crippen MR) is 298 cm³/mol. The van der Waals surface area contributed by atoms with Gasteiger partial charge in [-0.2, -0.15) is 0 Å². The maximum Gasteiger partial charge on any atom is 0.306 e. The van der Waals surface area contributed by atoms with Gasteiger partial charge in [-0.3, -0.25) is 14.4 Å². The summed E-state index contributed by atoms with van der Waals surface area (Å²) >= 11 is 0. The monoisotopic (exact) mass is 967 g/mol. The Morgan fingerprint density at radius 1 is 0.304 bits per heavy atom. The van der Waals surface area contributed by atoms with Gasteiger partial charge < -0.3 is 14.2 Å². The average molecular weight is 968 g/mol. The van der Waals surface area contributed by atoms with E-state index in [0.29, 0.717) is 19.3 Å². The van der Waals surface area contributed by atoms with Crippen LogP contribution in [0.2, 0.25) is 0 Å². The summed E-state index contributed by atoms with van der Waals surface area (Å²) in [7, 11) is 0. The van der Waals surface area contributed by atoms with Crippen LogP contribution in [0, 0.1) is 0 Å². The summed E-state index contributed by atoms with van der Waals surface area (Å²) < 4.78 is 16.9. The smallest absolute Gasteiger partial charge is 0.306 e. The van der Waals surface area contributed by atoms with Crippen molar-refractivity contribution in [2.75, 3.05) is 13.2 Å². The second kappa shape index (κ2) is 57.9. The van der Waals surface area contributed by atoms with Crippen molar-refractivity contribution in [3.63, 3.8) is 0 Å². The van der Waals surface area contributed by atoms with Gasteiger partial charge in [-0.05, 0) is 57.8 Å². The van der Waals surface area contributed by atoms with E-state index in [-0.39, 0.29) is 31.1 Å². The maximum absolute atomic E-state index is 12.9. The fourth-order valence-corrected chi connectivity index (χ4v) is 8.85. The molecule has 1 unspecified atom stereocenters. The summed E-state index contributed by atoms with van der Waals surface area (Å²) in [5, 5.41) is 0. The summed E-state index contributed by atoms with van der Waals surface area (Å²) in [6, 6.07) is 0. The first-order chi connectivity index (χ1) is 34.0. The highest BCUT2D eigenvalue weighted by Crippen LogP contribution is 2.17. The van der Waals surface area contributed by atoms with E-state index in [1.807, 2.05) is 0 Å². The summed E-state index contributed by atoms with van der Waals surface area (Å²) in [6.45, 7) is 6.57. The zero-order valence-electron chi connectivity index (χ0n) is 46.1. The van der Waals surface area contributed by atoms with Gasteiger partial charge in [0.05, 0.1) is 0 Å². The Hall–Kier alpha value is -2.63. The molecule has 6 nitrogen and oxygen atoms in total. The number of ether oxygens (including phenoxy) is 3. The molecule has 0 aromatic carbocycles. The molecule has 0 aromatic rings. The van der Waals surface area contributed by atoms with Crippen LogP contribution < -0.4 is 0 Å². The Labute approximate surface area is 428 Å². The van der Waals surface area contributed by atoms with Crippen molar-refractivity contribution in [3.8, 4) is 0 Å². The third kappa shape index (κ3) is 56.2. The van der Waals surface area contributed by atoms with E-state index >= 15 is 0 Å². The van der Waals surface area contributed by atoms with Crippen LogP contribution in [-0.2, 0) is 28.6 Å². The molecule has 0 aromatic heterocycles. The molecule has 69 heavy (non-hydrogen) atoms. The zero-order chi connectivity index (χ0) is 50.0. The Balaban J connectivity index is 4.28. The first-order valence-corrected chi connectivity index (χ1v) is 30.1. The number of rotatable bonds is 55. The van der Waals surface area contributed by atoms with Crippen molar-refractivity contribution in [3.05, 3.63) is 48.6 Å². The standard InChI is InChI=1S/C63H114O6/c1-4-7-10-13-16-19-22-25-27-29-30-31-32-33-34-35-37-38-41-44-47-50-53-56-62(65)68-59-60(58-67-61(64)55-52-49-46-43-40-24-21-18-15-12-9-6-3)69-63(66)57-54-51-48-45-42-39-36-28-26-23-20-17-14-11-8-5-2/h7,10,16,19,25,27,30-31,60H,4-6,8-9,11-15,17-18,20-24,26,28-29,32-59H2,1-3H3/b10-7-,19-16-,27-25-,31-30-. The summed E-state index contributed by atoms with van der Waals surface area (Å²) in [5.41, 5.74) is 0. The molecule has 6 heteroatoms. The highest BCUT2D eigenvalue weighted by atomic mass is 16.6. The Bertz CT molecular complexity index is 1200. The normalized spacial score (nSPS) is 12.3. The van der Waals surface area contributed by atoms with Crippen LogP contribution in [0.5, 0.6) is 0 Å². The van der Waals surface area contributed by atoms with Crippen molar-refractivity contribution < 1.29 is 28.6 Å². The van der Waals surface area contributed by atoms with Crippen molar-refractivity contribution in [1.82, 2.24) is 0 Å². The van der Waals surface area contributed by atoms with Crippen molar-refractivity contribution in [2.24, 2.45) is 0 Å². The first-order valence-electron chi connectivity index (χ1n) is 30.1. The average Bonchev–Trinajstić information content (AvgIpc) is 3.35. The quantitative estimate of drug-likeness (QED) is 0.0262. The van der Waals surface area contributed by atoms with Crippen LogP contribution in [-0.4, -0.2) is 37.2 Å². The highest BCUT2D eigenvalue weighted by Gasteiger charge is 2.19. The van der Waals surface area contributed by atoms with E-state index in [0.717, 1.165) is 83.5 Å². The molecule has 0 spiro atoms. The van der Waals surface area contributed by atoms with E-state index in [1.54, 1.807) is 0 Å². The van der Waals surface area contributed by atoms with Crippen LogP contribution in [0.3, 0.4) is 0 Å². The van der Waals surface area contributed by atoms with Gasteiger partial charge in [0.15, 0.2) is 6.10 Å². The number of allylic oxidation sites excluding steroid dienone is 8. The molecule has 0 amide bonds. The van der Waals surface area contributed by atoms with Crippen molar-refractivity contribution in [2.45, 2.75) is 322 Å². The van der Waals surface area contributed by atoms with Gasteiger partial charge in [-0.15, -0.1) is 0 Å². The van der Waals surface area contributed by atoms with Gasteiger partial charge in [0.25, 0.3) is 0 Å². The number of esters is 3. The molecule has 0 rings (SSSR count). The zero-order valence-corrected chi connectivity index (χ0v) is 46.1. The molecule has 0 aliphatic heterocycles. The number of hydrogen-bond donors (Lipinski definition) is 0. The molecule has 0 fully saturated rings. The minimum absolute atomic E-state index is 0.0691. The third-order valence-electron chi connectivity index (χ3n) is 13.3. The van der Waals surface area contributed by atoms with Gasteiger partial charge in [0, 0.05) is 19.3 Å². The number of carbonyl (C=O) groups is 3. The molecular formula is C63H114O6. The molecule has 0 N–H and O–H groups in total.